The molecule has 0 amide bonds. The Morgan fingerprint density at radius 2 is 2.45 bits per heavy atom. The van der Waals surface area contributed by atoms with E-state index in [9.17, 15) is 4.79 Å². The molecule has 0 aliphatic carbocycles. The Morgan fingerprint density at radius 3 is 2.82 bits per heavy atom. The van der Waals surface area contributed by atoms with Crippen LogP contribution in [0.25, 0.3) is 0 Å². The van der Waals surface area contributed by atoms with Gasteiger partial charge in [0.1, 0.15) is 0 Å². The van der Waals surface area contributed by atoms with E-state index in [2.05, 4.69) is 22.6 Å². The Balaban J connectivity index is 2.92. The minimum Gasteiger partial charge on any atom is -0.317 e. The summed E-state index contributed by atoms with van der Waals surface area (Å²) in [5.41, 5.74) is 5.64. The molecule has 4 heteroatoms. The van der Waals surface area contributed by atoms with Gasteiger partial charge in [-0.25, -0.2) is 0 Å². The van der Waals surface area contributed by atoms with Crippen molar-refractivity contribution in [1.29, 1.82) is 0 Å². The lowest BCUT2D eigenvalue weighted by Crippen LogP contribution is -2.17. The van der Waals surface area contributed by atoms with E-state index in [-0.39, 0.29) is 5.78 Å². The number of hydrogen-bond acceptors (Lipinski definition) is 3. The van der Waals surface area contributed by atoms with Gasteiger partial charge in [-0.2, -0.15) is 0 Å². The average Bonchev–Trinajstić information content (AvgIpc) is 2.33. The van der Waals surface area contributed by atoms with Crippen molar-refractivity contribution in [3.05, 3.63) is 19.9 Å². The molecule has 0 aliphatic heterocycles. The second-order valence-electron chi connectivity index (χ2n) is 2.22. The van der Waals surface area contributed by atoms with Gasteiger partial charge in [0, 0.05) is 8.45 Å². The monoisotopic (exact) mass is 281 g/mol. The third-order valence-corrected chi connectivity index (χ3v) is 3.67. The van der Waals surface area contributed by atoms with Gasteiger partial charge in [-0.15, -0.1) is 11.3 Å². The van der Waals surface area contributed by atoms with Crippen LogP contribution in [-0.2, 0) is 4.79 Å². The lowest BCUT2D eigenvalue weighted by molar-refractivity contribution is -0.118. The quantitative estimate of drug-likeness (QED) is 0.842. The van der Waals surface area contributed by atoms with Gasteiger partial charge in [-0.3, -0.25) is 4.79 Å². The second kappa shape index (κ2) is 3.64. The molecule has 0 saturated heterocycles. The minimum absolute atomic E-state index is 0.0189. The van der Waals surface area contributed by atoms with E-state index in [0.717, 1.165) is 8.45 Å². The molecule has 2 N–H and O–H groups in total. The Morgan fingerprint density at radius 1 is 1.82 bits per heavy atom. The zero-order chi connectivity index (χ0) is 8.43. The third-order valence-electron chi connectivity index (χ3n) is 1.37. The highest BCUT2D eigenvalue weighted by atomic mass is 127. The molecule has 0 spiro atoms. The van der Waals surface area contributed by atoms with Gasteiger partial charge in [0.15, 0.2) is 5.78 Å². The SMILES string of the molecule is CC(=O)C(N)c1sccc1I. The summed E-state index contributed by atoms with van der Waals surface area (Å²) in [6.07, 6.45) is 0. The normalized spacial score (nSPS) is 13.0. The van der Waals surface area contributed by atoms with E-state index in [1.165, 1.54) is 18.3 Å². The predicted molar refractivity (Wildman–Crippen MR) is 54.6 cm³/mol. The van der Waals surface area contributed by atoms with Crippen LogP contribution in [0.15, 0.2) is 11.4 Å². The van der Waals surface area contributed by atoms with Gasteiger partial charge < -0.3 is 5.73 Å². The van der Waals surface area contributed by atoms with Crippen LogP contribution in [-0.4, -0.2) is 5.78 Å². The molecule has 1 rings (SSSR count). The molecule has 1 aromatic heterocycles. The topological polar surface area (TPSA) is 43.1 Å². The number of hydrogen-bond donors (Lipinski definition) is 1. The molecule has 1 aromatic rings. The maximum absolute atomic E-state index is 10.9. The van der Waals surface area contributed by atoms with E-state index < -0.39 is 6.04 Å². The Labute approximate surface area is 82.9 Å². The lowest BCUT2D eigenvalue weighted by Gasteiger charge is -2.04. The van der Waals surface area contributed by atoms with Crippen molar-refractivity contribution >= 4 is 39.7 Å². The van der Waals surface area contributed by atoms with E-state index in [4.69, 9.17) is 5.73 Å². The van der Waals surface area contributed by atoms with Gasteiger partial charge in [0.25, 0.3) is 0 Å². The van der Waals surface area contributed by atoms with Crippen molar-refractivity contribution in [3.8, 4) is 0 Å². The van der Waals surface area contributed by atoms with Crippen molar-refractivity contribution < 1.29 is 4.79 Å². The largest absolute Gasteiger partial charge is 0.317 e. The van der Waals surface area contributed by atoms with Crippen LogP contribution in [0.1, 0.15) is 17.8 Å². The summed E-state index contributed by atoms with van der Waals surface area (Å²) < 4.78 is 1.08. The molecule has 2 nitrogen and oxygen atoms in total. The molecule has 11 heavy (non-hydrogen) atoms. The highest BCUT2D eigenvalue weighted by Gasteiger charge is 2.14. The van der Waals surface area contributed by atoms with Crippen molar-refractivity contribution in [2.45, 2.75) is 13.0 Å². The fraction of sp³-hybridized carbons (Fsp3) is 0.286. The van der Waals surface area contributed by atoms with E-state index >= 15 is 0 Å². The molecular weight excluding hydrogens is 273 g/mol. The maximum atomic E-state index is 10.9. The lowest BCUT2D eigenvalue weighted by atomic mass is 10.2. The number of carbonyl (C=O) groups excluding carboxylic acids is 1. The van der Waals surface area contributed by atoms with Gasteiger partial charge >= 0.3 is 0 Å². The molecule has 1 unspecified atom stereocenters. The maximum Gasteiger partial charge on any atom is 0.151 e. The first-order valence-electron chi connectivity index (χ1n) is 3.12. The molecule has 0 fully saturated rings. The van der Waals surface area contributed by atoms with Crippen molar-refractivity contribution in [1.82, 2.24) is 0 Å². The highest BCUT2D eigenvalue weighted by molar-refractivity contribution is 14.1. The van der Waals surface area contributed by atoms with Gasteiger partial charge in [-0.1, -0.05) is 0 Å². The van der Waals surface area contributed by atoms with E-state index in [1.807, 2.05) is 11.4 Å². The molecule has 0 bridgehead atoms. The number of Topliss-reactive ketones (excluding diaryl/α,β-unsaturated/α-hetero) is 1. The average molecular weight is 281 g/mol. The van der Waals surface area contributed by atoms with Crippen LogP contribution >= 0.6 is 33.9 Å². The number of ketones is 1. The predicted octanol–water partition coefficient (Wildman–Crippen LogP) is 1.94. The Bertz CT molecular complexity index is 271. The summed E-state index contributed by atoms with van der Waals surface area (Å²) in [5.74, 6) is 0.0189. The second-order valence-corrected chi connectivity index (χ2v) is 4.33. The molecule has 0 aromatic carbocycles. The fourth-order valence-corrected chi connectivity index (χ4v) is 2.70. The van der Waals surface area contributed by atoms with Crippen LogP contribution in [0.2, 0.25) is 0 Å². The number of carbonyl (C=O) groups is 1. The first-order valence-corrected chi connectivity index (χ1v) is 5.07. The first kappa shape index (κ1) is 9.15. The first-order chi connectivity index (χ1) is 5.13. The number of nitrogens with two attached hydrogens (primary N) is 1. The number of rotatable bonds is 2. The van der Waals surface area contributed by atoms with Crippen LogP contribution in [0.5, 0.6) is 0 Å². The van der Waals surface area contributed by atoms with Gasteiger partial charge in [0.2, 0.25) is 0 Å². The minimum atomic E-state index is -0.429. The number of thiophene rings is 1. The number of halogens is 1. The zero-order valence-electron chi connectivity index (χ0n) is 6.00. The summed E-state index contributed by atoms with van der Waals surface area (Å²) in [4.78, 5) is 11.8. The van der Waals surface area contributed by atoms with Crippen molar-refractivity contribution in [2.75, 3.05) is 0 Å². The smallest absolute Gasteiger partial charge is 0.151 e. The molecular formula is C7H8INOS. The van der Waals surface area contributed by atoms with Gasteiger partial charge in [0.05, 0.1) is 6.04 Å². The Kier molecular flexibility index (Phi) is 3.03. The summed E-state index contributed by atoms with van der Waals surface area (Å²) in [5, 5.41) is 1.94. The molecule has 1 atom stereocenters. The van der Waals surface area contributed by atoms with Crippen molar-refractivity contribution in [3.63, 3.8) is 0 Å². The zero-order valence-corrected chi connectivity index (χ0v) is 8.98. The van der Waals surface area contributed by atoms with Crippen LogP contribution < -0.4 is 5.73 Å². The molecule has 0 aliphatic rings. The van der Waals surface area contributed by atoms with Crippen LogP contribution in [0, 0.1) is 3.57 Å². The molecule has 0 radical (unpaired) electrons. The third kappa shape index (κ3) is 2.00. The van der Waals surface area contributed by atoms with Crippen molar-refractivity contribution in [2.24, 2.45) is 5.73 Å². The molecule has 60 valence electrons. The molecule has 1 heterocycles. The molecule has 0 saturated carbocycles. The van der Waals surface area contributed by atoms with Crippen LogP contribution in [0.3, 0.4) is 0 Å². The van der Waals surface area contributed by atoms with Crippen LogP contribution in [0.4, 0.5) is 0 Å². The summed E-state index contributed by atoms with van der Waals surface area (Å²) >= 11 is 3.71. The fourth-order valence-electron chi connectivity index (χ4n) is 0.712. The van der Waals surface area contributed by atoms with Gasteiger partial charge in [-0.05, 0) is 41.0 Å². The summed E-state index contributed by atoms with van der Waals surface area (Å²) in [7, 11) is 0. The van der Waals surface area contributed by atoms with E-state index in [0.29, 0.717) is 0 Å². The van der Waals surface area contributed by atoms with E-state index in [1.54, 1.807) is 0 Å². The Hall–Kier alpha value is 0.0600. The summed E-state index contributed by atoms with van der Waals surface area (Å²) in [6, 6.07) is 1.53. The standard InChI is InChI=1S/C7H8INOS/c1-4(10)6(9)7-5(8)2-3-11-7/h2-3,6H,9H2,1H3. The summed E-state index contributed by atoms with van der Waals surface area (Å²) in [6.45, 7) is 1.51. The highest BCUT2D eigenvalue weighted by Crippen LogP contribution is 2.24.